The van der Waals surface area contributed by atoms with Crippen LogP contribution in [0, 0.1) is 0 Å². The fourth-order valence-corrected chi connectivity index (χ4v) is 3.39. The Labute approximate surface area is 128 Å². The van der Waals surface area contributed by atoms with E-state index < -0.39 is 0 Å². The van der Waals surface area contributed by atoms with Crippen molar-refractivity contribution in [3.8, 4) is 5.75 Å². The molecule has 1 aromatic carbocycles. The van der Waals surface area contributed by atoms with Gasteiger partial charge in [-0.2, -0.15) is 0 Å². The Kier molecular flexibility index (Phi) is 4.23. The molecule has 0 amide bonds. The molecule has 1 saturated carbocycles. The van der Waals surface area contributed by atoms with Gasteiger partial charge >= 0.3 is 0 Å². The van der Waals surface area contributed by atoms with E-state index in [1.165, 1.54) is 44.3 Å². The number of rotatable bonds is 6. The minimum absolute atomic E-state index is 0.0309. The Bertz CT molecular complexity index is 480. The predicted octanol–water partition coefficient (Wildman–Crippen LogP) is 3.49. The molecule has 116 valence electrons. The van der Waals surface area contributed by atoms with Gasteiger partial charge in [-0.1, -0.05) is 19.1 Å². The molecular weight excluding hydrogens is 260 g/mol. The largest absolute Gasteiger partial charge is 0.490 e. The molecule has 0 aromatic heterocycles. The monoisotopic (exact) mass is 288 g/mol. The summed E-state index contributed by atoms with van der Waals surface area (Å²) in [4.78, 5) is 2.58. The van der Waals surface area contributed by atoms with E-state index in [1.807, 2.05) is 6.07 Å². The van der Waals surface area contributed by atoms with Gasteiger partial charge in [-0.3, -0.25) is 4.90 Å². The highest BCUT2D eigenvalue weighted by molar-refractivity contribution is 5.32. The first-order valence-electron chi connectivity index (χ1n) is 8.41. The van der Waals surface area contributed by atoms with Crippen molar-refractivity contribution < 1.29 is 4.74 Å². The van der Waals surface area contributed by atoms with Crippen molar-refractivity contribution in [2.75, 3.05) is 13.1 Å². The SMILES string of the molecule is CCC(C)(C(N)c1cccc(OC2CC2)c1)N1CCCC1. The summed E-state index contributed by atoms with van der Waals surface area (Å²) >= 11 is 0. The van der Waals surface area contributed by atoms with Crippen LogP contribution in [0.3, 0.4) is 0 Å². The molecule has 1 aromatic rings. The second-order valence-corrected chi connectivity index (χ2v) is 6.77. The van der Waals surface area contributed by atoms with Gasteiger partial charge in [0.1, 0.15) is 5.75 Å². The maximum absolute atomic E-state index is 6.68. The molecule has 0 bridgehead atoms. The second-order valence-electron chi connectivity index (χ2n) is 6.77. The van der Waals surface area contributed by atoms with Crippen molar-refractivity contribution in [1.82, 2.24) is 4.90 Å². The van der Waals surface area contributed by atoms with E-state index in [2.05, 4.69) is 36.9 Å². The number of ether oxygens (including phenoxy) is 1. The van der Waals surface area contributed by atoms with Crippen LogP contribution in [0.1, 0.15) is 57.6 Å². The summed E-state index contributed by atoms with van der Waals surface area (Å²) in [5.41, 5.74) is 7.92. The van der Waals surface area contributed by atoms with Gasteiger partial charge in [0.2, 0.25) is 0 Å². The average molecular weight is 288 g/mol. The van der Waals surface area contributed by atoms with Crippen LogP contribution >= 0.6 is 0 Å². The molecule has 0 spiro atoms. The maximum Gasteiger partial charge on any atom is 0.120 e. The molecule has 3 nitrogen and oxygen atoms in total. The van der Waals surface area contributed by atoms with Gasteiger partial charge in [0.15, 0.2) is 0 Å². The highest BCUT2D eigenvalue weighted by Gasteiger charge is 2.38. The van der Waals surface area contributed by atoms with Crippen LogP contribution in [-0.4, -0.2) is 29.6 Å². The Morgan fingerprint density at radius 3 is 2.67 bits per heavy atom. The van der Waals surface area contributed by atoms with Crippen molar-refractivity contribution in [1.29, 1.82) is 0 Å². The molecular formula is C18H28N2O. The normalized spacial score (nSPS) is 23.8. The molecule has 0 radical (unpaired) electrons. The number of hydrogen-bond acceptors (Lipinski definition) is 3. The second kappa shape index (κ2) is 5.98. The lowest BCUT2D eigenvalue weighted by Crippen LogP contribution is -2.51. The lowest BCUT2D eigenvalue weighted by Gasteiger charge is -2.43. The zero-order valence-corrected chi connectivity index (χ0v) is 13.3. The average Bonchev–Trinajstić information content (AvgIpc) is 3.15. The molecule has 21 heavy (non-hydrogen) atoms. The van der Waals surface area contributed by atoms with Gasteiger partial charge in [-0.05, 0) is 69.8 Å². The molecule has 2 atom stereocenters. The first-order valence-corrected chi connectivity index (χ1v) is 8.41. The van der Waals surface area contributed by atoms with E-state index >= 15 is 0 Å². The summed E-state index contributed by atoms with van der Waals surface area (Å²) in [6, 6.07) is 8.45. The Morgan fingerprint density at radius 1 is 1.33 bits per heavy atom. The van der Waals surface area contributed by atoms with Crippen LogP contribution < -0.4 is 10.5 Å². The zero-order chi connectivity index (χ0) is 14.9. The summed E-state index contributed by atoms with van der Waals surface area (Å²) < 4.78 is 5.92. The van der Waals surface area contributed by atoms with Crippen LogP contribution in [0.15, 0.2) is 24.3 Å². The minimum atomic E-state index is 0.0309. The zero-order valence-electron chi connectivity index (χ0n) is 13.3. The van der Waals surface area contributed by atoms with Crippen molar-refractivity contribution in [2.45, 2.75) is 63.6 Å². The molecule has 2 unspecified atom stereocenters. The topological polar surface area (TPSA) is 38.5 Å². The van der Waals surface area contributed by atoms with Crippen LogP contribution in [0.4, 0.5) is 0 Å². The molecule has 2 N–H and O–H groups in total. The van der Waals surface area contributed by atoms with E-state index in [0.29, 0.717) is 6.10 Å². The number of nitrogens with two attached hydrogens (primary N) is 1. The van der Waals surface area contributed by atoms with Crippen molar-refractivity contribution in [3.05, 3.63) is 29.8 Å². The third-order valence-corrected chi connectivity index (χ3v) is 5.26. The van der Waals surface area contributed by atoms with Gasteiger partial charge in [-0.15, -0.1) is 0 Å². The highest BCUT2D eigenvalue weighted by Crippen LogP contribution is 2.36. The Hall–Kier alpha value is -1.06. The summed E-state index contributed by atoms with van der Waals surface area (Å²) in [5, 5.41) is 0. The van der Waals surface area contributed by atoms with Gasteiger partial charge in [0, 0.05) is 11.6 Å². The first-order chi connectivity index (χ1) is 10.1. The number of benzene rings is 1. The smallest absolute Gasteiger partial charge is 0.120 e. The molecule has 1 aliphatic carbocycles. The standard InChI is InChI=1S/C18H28N2O/c1-3-18(2,20-11-4-5-12-20)17(19)14-7-6-8-16(13-14)21-15-9-10-15/h6-8,13,15,17H,3-5,9-12,19H2,1-2H3. The quantitative estimate of drug-likeness (QED) is 0.871. The molecule has 2 aliphatic rings. The molecule has 3 rings (SSSR count). The Balaban J connectivity index is 1.79. The van der Waals surface area contributed by atoms with Gasteiger partial charge in [-0.25, -0.2) is 0 Å². The molecule has 1 saturated heterocycles. The molecule has 3 heteroatoms. The van der Waals surface area contributed by atoms with Crippen molar-refractivity contribution in [3.63, 3.8) is 0 Å². The van der Waals surface area contributed by atoms with Crippen molar-refractivity contribution in [2.24, 2.45) is 5.73 Å². The third-order valence-electron chi connectivity index (χ3n) is 5.26. The van der Waals surface area contributed by atoms with E-state index in [9.17, 15) is 0 Å². The fraction of sp³-hybridized carbons (Fsp3) is 0.667. The molecule has 1 aliphatic heterocycles. The number of nitrogens with zero attached hydrogens (tertiary/aromatic N) is 1. The first kappa shape index (κ1) is 14.9. The summed E-state index contributed by atoms with van der Waals surface area (Å²) in [6.45, 7) is 6.92. The van der Waals surface area contributed by atoms with Gasteiger partial charge < -0.3 is 10.5 Å². The van der Waals surface area contributed by atoms with Gasteiger partial charge in [0.05, 0.1) is 6.10 Å². The fourth-order valence-electron chi connectivity index (χ4n) is 3.39. The third kappa shape index (κ3) is 3.09. The van der Waals surface area contributed by atoms with E-state index in [1.54, 1.807) is 0 Å². The van der Waals surface area contributed by atoms with E-state index in [0.717, 1.165) is 12.2 Å². The number of likely N-dealkylation sites (tertiary alicyclic amines) is 1. The van der Waals surface area contributed by atoms with E-state index in [4.69, 9.17) is 10.5 Å². The minimum Gasteiger partial charge on any atom is -0.490 e. The van der Waals surface area contributed by atoms with E-state index in [-0.39, 0.29) is 11.6 Å². The lowest BCUT2D eigenvalue weighted by atomic mass is 9.83. The summed E-state index contributed by atoms with van der Waals surface area (Å²) in [5.74, 6) is 0.977. The predicted molar refractivity (Wildman–Crippen MR) is 86.5 cm³/mol. The van der Waals surface area contributed by atoms with Crippen LogP contribution in [0.25, 0.3) is 0 Å². The number of hydrogen-bond donors (Lipinski definition) is 1. The maximum atomic E-state index is 6.68. The molecule has 1 heterocycles. The Morgan fingerprint density at radius 2 is 2.05 bits per heavy atom. The lowest BCUT2D eigenvalue weighted by molar-refractivity contribution is 0.0999. The van der Waals surface area contributed by atoms with Gasteiger partial charge in [0.25, 0.3) is 0 Å². The molecule has 2 fully saturated rings. The van der Waals surface area contributed by atoms with Crippen molar-refractivity contribution >= 4 is 0 Å². The highest BCUT2D eigenvalue weighted by atomic mass is 16.5. The van der Waals surface area contributed by atoms with Crippen LogP contribution in [-0.2, 0) is 0 Å². The van der Waals surface area contributed by atoms with Crippen LogP contribution in [0.2, 0.25) is 0 Å². The summed E-state index contributed by atoms with van der Waals surface area (Å²) in [7, 11) is 0. The van der Waals surface area contributed by atoms with Crippen LogP contribution in [0.5, 0.6) is 5.75 Å². The summed E-state index contributed by atoms with van der Waals surface area (Å²) in [6.07, 6.45) is 6.49.